The van der Waals surface area contributed by atoms with Crippen LogP contribution in [0, 0.1) is 24.4 Å². The van der Waals surface area contributed by atoms with Crippen molar-refractivity contribution < 1.29 is 13.2 Å². The normalized spacial score (nSPS) is 14.0. The van der Waals surface area contributed by atoms with E-state index in [1.54, 1.807) is 17.7 Å². The van der Waals surface area contributed by atoms with Crippen molar-refractivity contribution in [3.63, 3.8) is 0 Å². The lowest BCUT2D eigenvalue weighted by molar-refractivity contribution is 0.444. The van der Waals surface area contributed by atoms with Gasteiger partial charge in [0.05, 0.1) is 6.54 Å². The standard InChI is InChI=1S/C19H18F3N3O/c1-11-5-3-4-6-16(11)23-19-24-18(26)12(2)9-25(19)10-13-7-14(20)17(22)15(21)8-13/h4,6-9H,3,5,10H2,1-2H3,(H,23,24,26). The van der Waals surface area contributed by atoms with Crippen molar-refractivity contribution in [2.75, 3.05) is 5.32 Å². The topological polar surface area (TPSA) is 46.9 Å². The van der Waals surface area contributed by atoms with E-state index < -0.39 is 23.0 Å². The van der Waals surface area contributed by atoms with E-state index in [9.17, 15) is 18.0 Å². The molecule has 2 aromatic rings. The number of aryl methyl sites for hydroxylation is 1. The molecule has 136 valence electrons. The van der Waals surface area contributed by atoms with Crippen molar-refractivity contribution in [3.05, 3.63) is 80.7 Å². The lowest BCUT2D eigenvalue weighted by Crippen LogP contribution is -2.21. The van der Waals surface area contributed by atoms with E-state index in [1.807, 2.05) is 19.1 Å². The largest absolute Gasteiger partial charge is 0.326 e. The first-order valence-corrected chi connectivity index (χ1v) is 8.20. The van der Waals surface area contributed by atoms with Gasteiger partial charge in [0, 0.05) is 17.5 Å². The molecule has 0 fully saturated rings. The molecule has 1 aromatic heterocycles. The highest BCUT2D eigenvalue weighted by molar-refractivity contribution is 5.44. The van der Waals surface area contributed by atoms with Gasteiger partial charge in [-0.25, -0.2) is 13.2 Å². The predicted octanol–water partition coefficient (Wildman–Crippen LogP) is 4.05. The summed E-state index contributed by atoms with van der Waals surface area (Å²) in [7, 11) is 0. The van der Waals surface area contributed by atoms with Crippen molar-refractivity contribution in [1.82, 2.24) is 9.55 Å². The van der Waals surface area contributed by atoms with E-state index in [1.165, 1.54) is 0 Å². The molecule has 7 heteroatoms. The number of nitrogens with one attached hydrogen (secondary N) is 1. The van der Waals surface area contributed by atoms with Gasteiger partial charge >= 0.3 is 0 Å². The van der Waals surface area contributed by atoms with E-state index in [2.05, 4.69) is 10.3 Å². The molecular formula is C19H18F3N3O. The number of rotatable bonds is 4. The van der Waals surface area contributed by atoms with Crippen LogP contribution in [0.1, 0.15) is 30.9 Å². The molecule has 0 atom stereocenters. The maximum atomic E-state index is 13.5. The minimum atomic E-state index is -1.51. The molecule has 0 aliphatic heterocycles. The van der Waals surface area contributed by atoms with Crippen LogP contribution in [0.5, 0.6) is 0 Å². The summed E-state index contributed by atoms with van der Waals surface area (Å²) < 4.78 is 41.7. The molecule has 3 rings (SSSR count). The Morgan fingerprint density at radius 2 is 1.88 bits per heavy atom. The van der Waals surface area contributed by atoms with Crippen LogP contribution in [0.3, 0.4) is 0 Å². The number of allylic oxidation sites excluding steroid dienone is 3. The van der Waals surface area contributed by atoms with Crippen molar-refractivity contribution in [3.8, 4) is 0 Å². The van der Waals surface area contributed by atoms with Gasteiger partial charge in [-0.3, -0.25) is 4.79 Å². The fraction of sp³-hybridized carbons (Fsp3) is 0.263. The highest BCUT2D eigenvalue weighted by Gasteiger charge is 2.14. The van der Waals surface area contributed by atoms with E-state index in [-0.39, 0.29) is 18.1 Å². The van der Waals surface area contributed by atoms with Crippen LogP contribution in [-0.4, -0.2) is 9.55 Å². The predicted molar refractivity (Wildman–Crippen MR) is 93.3 cm³/mol. The third-order valence-corrected chi connectivity index (χ3v) is 4.24. The first-order valence-electron chi connectivity index (χ1n) is 8.20. The van der Waals surface area contributed by atoms with Crippen molar-refractivity contribution in [2.45, 2.75) is 33.2 Å². The zero-order valence-electron chi connectivity index (χ0n) is 14.4. The maximum absolute atomic E-state index is 13.5. The molecule has 1 aromatic carbocycles. The van der Waals surface area contributed by atoms with E-state index in [0.29, 0.717) is 5.56 Å². The van der Waals surface area contributed by atoms with Crippen LogP contribution in [0.25, 0.3) is 0 Å². The Bertz CT molecular complexity index is 953. The Labute approximate surface area is 148 Å². The van der Waals surface area contributed by atoms with Gasteiger partial charge in [-0.05, 0) is 56.0 Å². The number of anilines is 1. The molecule has 0 unspecified atom stereocenters. The SMILES string of the molecule is CC1=C(Nc2nc(=O)c(C)cn2Cc2cc(F)c(F)c(F)c2)C=CCC1. The quantitative estimate of drug-likeness (QED) is 0.836. The highest BCUT2D eigenvalue weighted by Crippen LogP contribution is 2.21. The monoisotopic (exact) mass is 361 g/mol. The molecule has 0 bridgehead atoms. The molecule has 0 saturated carbocycles. The van der Waals surface area contributed by atoms with Gasteiger partial charge < -0.3 is 9.88 Å². The molecule has 26 heavy (non-hydrogen) atoms. The van der Waals surface area contributed by atoms with Gasteiger partial charge in [0.1, 0.15) is 0 Å². The van der Waals surface area contributed by atoms with Crippen LogP contribution < -0.4 is 10.9 Å². The molecule has 0 spiro atoms. The Hall–Kier alpha value is -2.83. The number of hydrogen-bond donors (Lipinski definition) is 1. The van der Waals surface area contributed by atoms with Crippen LogP contribution >= 0.6 is 0 Å². The second-order valence-electron chi connectivity index (χ2n) is 6.31. The summed E-state index contributed by atoms with van der Waals surface area (Å²) in [4.78, 5) is 16.0. The van der Waals surface area contributed by atoms with Gasteiger partial charge in [0.15, 0.2) is 17.5 Å². The average molecular weight is 361 g/mol. The molecule has 0 amide bonds. The minimum absolute atomic E-state index is 0.0284. The van der Waals surface area contributed by atoms with Crippen LogP contribution in [-0.2, 0) is 6.54 Å². The first-order chi connectivity index (χ1) is 12.3. The van der Waals surface area contributed by atoms with E-state index in [4.69, 9.17) is 0 Å². The van der Waals surface area contributed by atoms with Crippen LogP contribution in [0.4, 0.5) is 19.1 Å². The third-order valence-electron chi connectivity index (χ3n) is 4.24. The molecule has 1 N–H and O–H groups in total. The number of hydrogen-bond acceptors (Lipinski definition) is 3. The Balaban J connectivity index is 2.00. The molecule has 1 heterocycles. The molecule has 1 aliphatic rings. The highest BCUT2D eigenvalue weighted by atomic mass is 19.2. The Kier molecular flexibility index (Phi) is 4.97. The van der Waals surface area contributed by atoms with Crippen molar-refractivity contribution in [2.24, 2.45) is 0 Å². The van der Waals surface area contributed by atoms with Gasteiger partial charge in [0.25, 0.3) is 5.56 Å². The molecule has 1 aliphatic carbocycles. The van der Waals surface area contributed by atoms with E-state index in [0.717, 1.165) is 36.2 Å². The molecule has 4 nitrogen and oxygen atoms in total. The van der Waals surface area contributed by atoms with E-state index >= 15 is 0 Å². The second-order valence-corrected chi connectivity index (χ2v) is 6.31. The smallest absolute Gasteiger partial charge is 0.277 e. The van der Waals surface area contributed by atoms with Crippen LogP contribution in [0.15, 0.2) is 46.5 Å². The zero-order chi connectivity index (χ0) is 18.8. The summed E-state index contributed by atoms with van der Waals surface area (Å²) in [6.07, 6.45) is 7.31. The number of halogens is 3. The molecule has 0 saturated heterocycles. The first kappa shape index (κ1) is 18.0. The Morgan fingerprint density at radius 1 is 1.19 bits per heavy atom. The summed E-state index contributed by atoms with van der Waals surface area (Å²) >= 11 is 0. The van der Waals surface area contributed by atoms with Crippen molar-refractivity contribution >= 4 is 5.95 Å². The summed E-state index contributed by atoms with van der Waals surface area (Å²) in [6, 6.07) is 1.86. The van der Waals surface area contributed by atoms with Gasteiger partial charge in [-0.2, -0.15) is 4.98 Å². The summed E-state index contributed by atoms with van der Waals surface area (Å²) in [5.74, 6) is -3.76. The maximum Gasteiger partial charge on any atom is 0.277 e. The zero-order valence-corrected chi connectivity index (χ0v) is 14.4. The summed E-state index contributed by atoms with van der Waals surface area (Å²) in [5.41, 5.74) is 2.17. The summed E-state index contributed by atoms with van der Waals surface area (Å²) in [5, 5.41) is 3.11. The average Bonchev–Trinajstić information content (AvgIpc) is 2.59. The van der Waals surface area contributed by atoms with Gasteiger partial charge in [-0.1, -0.05) is 6.08 Å². The molecular weight excluding hydrogens is 343 g/mol. The van der Waals surface area contributed by atoms with Gasteiger partial charge in [0.2, 0.25) is 5.95 Å². The fourth-order valence-electron chi connectivity index (χ4n) is 2.76. The number of aromatic nitrogens is 2. The fourth-order valence-corrected chi connectivity index (χ4v) is 2.76. The third kappa shape index (κ3) is 3.71. The van der Waals surface area contributed by atoms with Crippen molar-refractivity contribution in [1.29, 1.82) is 0 Å². The van der Waals surface area contributed by atoms with Gasteiger partial charge in [-0.15, -0.1) is 0 Å². The molecule has 0 radical (unpaired) electrons. The number of nitrogens with zero attached hydrogens (tertiary/aromatic N) is 2. The second kappa shape index (κ2) is 7.19. The van der Waals surface area contributed by atoms with Crippen LogP contribution in [0.2, 0.25) is 0 Å². The lowest BCUT2D eigenvalue weighted by atomic mass is 10.0. The lowest BCUT2D eigenvalue weighted by Gasteiger charge is -2.18. The summed E-state index contributed by atoms with van der Waals surface area (Å²) in [6.45, 7) is 3.61. The Morgan fingerprint density at radius 3 is 2.54 bits per heavy atom. The number of benzene rings is 1. The minimum Gasteiger partial charge on any atom is -0.326 e.